The van der Waals surface area contributed by atoms with E-state index in [2.05, 4.69) is 37.9 Å². The van der Waals surface area contributed by atoms with Gasteiger partial charge in [-0.2, -0.15) is 13.2 Å². The minimum Gasteiger partial charge on any atom is -0.365 e. The van der Waals surface area contributed by atoms with Crippen molar-refractivity contribution in [3.63, 3.8) is 0 Å². The van der Waals surface area contributed by atoms with Crippen molar-refractivity contribution in [2.24, 2.45) is 0 Å². The standard InChI is InChI=1S/C20H19F3N6O2/c1-28-15(7-6-13-4-2-3-5-16(13)28)11-29-12-18(31-27-29)26-19(30)25-14-8-9-24-17(10-14)20(21,22)23/h2-5,8-10,12,15H,6-7,11H2,1H3,(H-,24,25,26,27,30)/p+1. The number of hydrogen-bond acceptors (Lipinski definition) is 5. The summed E-state index contributed by atoms with van der Waals surface area (Å²) < 4.78 is 44.9. The molecule has 0 saturated heterocycles. The molecule has 2 N–H and O–H groups in total. The van der Waals surface area contributed by atoms with E-state index < -0.39 is 17.9 Å². The lowest BCUT2D eigenvalue weighted by atomic mass is 9.96. The zero-order valence-corrected chi connectivity index (χ0v) is 16.6. The highest BCUT2D eigenvalue weighted by Gasteiger charge is 2.32. The smallest absolute Gasteiger partial charge is 0.365 e. The first kappa shape index (κ1) is 20.6. The summed E-state index contributed by atoms with van der Waals surface area (Å²) in [5.41, 5.74) is 1.34. The number of aromatic nitrogens is 3. The highest BCUT2D eigenvalue weighted by molar-refractivity contribution is 5.98. The SMILES string of the molecule is CN1c2ccccc2CCC1C[n+]1cc(NC(=O)Nc2ccnc(C(F)(F)F)c2)on1. The summed E-state index contributed by atoms with van der Waals surface area (Å²) in [4.78, 5) is 17.5. The number of anilines is 3. The Labute approximate surface area is 175 Å². The highest BCUT2D eigenvalue weighted by Crippen LogP contribution is 2.30. The van der Waals surface area contributed by atoms with E-state index in [9.17, 15) is 18.0 Å². The Hall–Kier alpha value is -3.63. The van der Waals surface area contributed by atoms with Gasteiger partial charge in [-0.15, -0.1) is 0 Å². The first-order chi connectivity index (χ1) is 14.8. The quantitative estimate of drug-likeness (QED) is 0.616. The van der Waals surface area contributed by atoms with Crippen LogP contribution in [0.15, 0.2) is 53.3 Å². The molecule has 0 fully saturated rings. The fourth-order valence-electron chi connectivity index (χ4n) is 3.57. The molecule has 1 aliphatic rings. The predicted octanol–water partition coefficient (Wildman–Crippen LogP) is 3.47. The molecule has 31 heavy (non-hydrogen) atoms. The van der Waals surface area contributed by atoms with Gasteiger partial charge in [0.2, 0.25) is 5.27 Å². The van der Waals surface area contributed by atoms with Gasteiger partial charge >= 0.3 is 18.1 Å². The Morgan fingerprint density at radius 1 is 1.29 bits per heavy atom. The normalized spacial score (nSPS) is 16.0. The van der Waals surface area contributed by atoms with Crippen LogP contribution < -0.4 is 20.2 Å². The molecule has 3 aromatic rings. The molecule has 0 aliphatic carbocycles. The number of alkyl halides is 3. The molecule has 11 heteroatoms. The average molecular weight is 433 g/mol. The van der Waals surface area contributed by atoms with Crippen molar-refractivity contribution in [1.82, 2.24) is 10.3 Å². The Kier molecular flexibility index (Phi) is 5.49. The zero-order chi connectivity index (χ0) is 22.0. The maximum absolute atomic E-state index is 12.7. The molecular weight excluding hydrogens is 413 g/mol. The zero-order valence-electron chi connectivity index (χ0n) is 16.6. The van der Waals surface area contributed by atoms with Crippen LogP contribution in [-0.4, -0.2) is 29.4 Å². The summed E-state index contributed by atoms with van der Waals surface area (Å²) in [6, 6.07) is 9.67. The van der Waals surface area contributed by atoms with Gasteiger partial charge in [-0.25, -0.2) is 4.79 Å². The number of urea groups is 1. The number of nitrogens with zero attached hydrogens (tertiary/aromatic N) is 4. The number of pyridine rings is 1. The number of carbonyl (C=O) groups excluding carboxylic acids is 1. The molecule has 3 heterocycles. The highest BCUT2D eigenvalue weighted by atomic mass is 19.4. The molecule has 1 aromatic carbocycles. The molecule has 2 amide bonds. The van der Waals surface area contributed by atoms with E-state index in [4.69, 9.17) is 4.52 Å². The van der Waals surface area contributed by atoms with Gasteiger partial charge in [0.15, 0.2) is 6.54 Å². The summed E-state index contributed by atoms with van der Waals surface area (Å²) in [6.07, 6.45) is -0.193. The van der Waals surface area contributed by atoms with Gasteiger partial charge in [0.05, 0.1) is 6.04 Å². The molecular formula is C20H20F3N6O2+. The van der Waals surface area contributed by atoms with Crippen LogP contribution >= 0.6 is 0 Å². The lowest BCUT2D eigenvalue weighted by molar-refractivity contribution is -0.763. The number of carbonyl (C=O) groups is 1. The molecule has 0 spiro atoms. The van der Waals surface area contributed by atoms with Crippen LogP contribution in [0, 0.1) is 0 Å². The fraction of sp³-hybridized carbons (Fsp3) is 0.300. The van der Waals surface area contributed by atoms with Gasteiger partial charge < -0.3 is 10.2 Å². The molecule has 0 bridgehead atoms. The minimum atomic E-state index is -4.60. The van der Waals surface area contributed by atoms with Crippen LogP contribution in [0.5, 0.6) is 0 Å². The average Bonchev–Trinajstić information content (AvgIpc) is 3.16. The second kappa shape index (κ2) is 8.25. The summed E-state index contributed by atoms with van der Waals surface area (Å²) in [6.45, 7) is 0.553. The van der Waals surface area contributed by atoms with Crippen molar-refractivity contribution in [3.05, 3.63) is 60.0 Å². The number of nitrogens with one attached hydrogen (secondary N) is 2. The molecule has 1 atom stereocenters. The summed E-state index contributed by atoms with van der Waals surface area (Å²) in [5.74, 6) is 0.0708. The van der Waals surface area contributed by atoms with E-state index in [1.54, 1.807) is 4.68 Å². The van der Waals surface area contributed by atoms with Gasteiger partial charge in [0.25, 0.3) is 6.20 Å². The molecule has 0 saturated carbocycles. The van der Waals surface area contributed by atoms with Crippen molar-refractivity contribution < 1.29 is 27.2 Å². The number of likely N-dealkylation sites (N-methyl/N-ethyl adjacent to an activating group) is 1. The number of fused-ring (bicyclic) bond motifs is 1. The number of hydrogen-bond donors (Lipinski definition) is 2. The van der Waals surface area contributed by atoms with E-state index in [-0.39, 0.29) is 17.6 Å². The lowest BCUT2D eigenvalue weighted by Crippen LogP contribution is -2.49. The van der Waals surface area contributed by atoms with Crippen molar-refractivity contribution in [3.8, 4) is 0 Å². The number of aryl methyl sites for hydroxylation is 1. The number of amides is 2. The predicted molar refractivity (Wildman–Crippen MR) is 106 cm³/mol. The Morgan fingerprint density at radius 2 is 2.10 bits per heavy atom. The first-order valence-electron chi connectivity index (χ1n) is 9.58. The second-order valence-electron chi connectivity index (χ2n) is 7.23. The van der Waals surface area contributed by atoms with Crippen molar-refractivity contribution >= 4 is 23.3 Å². The van der Waals surface area contributed by atoms with Crippen molar-refractivity contribution in [1.29, 1.82) is 0 Å². The summed E-state index contributed by atoms with van der Waals surface area (Å²) in [7, 11) is 2.03. The van der Waals surface area contributed by atoms with Gasteiger partial charge in [-0.1, -0.05) is 18.2 Å². The maximum Gasteiger partial charge on any atom is 0.433 e. The van der Waals surface area contributed by atoms with Crippen molar-refractivity contribution in [2.45, 2.75) is 31.6 Å². The van der Waals surface area contributed by atoms with E-state index in [0.29, 0.717) is 6.54 Å². The third kappa shape index (κ3) is 4.76. The van der Waals surface area contributed by atoms with Crippen LogP contribution in [-0.2, 0) is 19.1 Å². The van der Waals surface area contributed by atoms with Crippen LogP contribution in [0.1, 0.15) is 17.7 Å². The van der Waals surface area contributed by atoms with E-state index >= 15 is 0 Å². The van der Waals surface area contributed by atoms with E-state index in [0.717, 1.165) is 25.1 Å². The van der Waals surface area contributed by atoms with Crippen LogP contribution in [0.4, 0.5) is 35.2 Å². The van der Waals surface area contributed by atoms with Crippen LogP contribution in [0.2, 0.25) is 0 Å². The summed E-state index contributed by atoms with van der Waals surface area (Å²) in [5, 5.41) is 8.66. The molecule has 4 rings (SSSR count). The lowest BCUT2D eigenvalue weighted by Gasteiger charge is -2.33. The van der Waals surface area contributed by atoms with Crippen LogP contribution in [0.25, 0.3) is 0 Å². The monoisotopic (exact) mass is 433 g/mol. The molecule has 2 aromatic heterocycles. The van der Waals surface area contributed by atoms with E-state index in [1.807, 2.05) is 19.2 Å². The second-order valence-corrected chi connectivity index (χ2v) is 7.23. The third-order valence-corrected chi connectivity index (χ3v) is 5.12. The van der Waals surface area contributed by atoms with Gasteiger partial charge in [0, 0.05) is 24.6 Å². The first-order valence-corrected chi connectivity index (χ1v) is 9.58. The Balaban J connectivity index is 1.36. The van der Waals surface area contributed by atoms with E-state index in [1.165, 1.54) is 23.5 Å². The summed E-state index contributed by atoms with van der Waals surface area (Å²) >= 11 is 0. The van der Waals surface area contributed by atoms with Crippen LogP contribution in [0.3, 0.4) is 0 Å². The van der Waals surface area contributed by atoms with Gasteiger partial charge in [-0.3, -0.25) is 14.8 Å². The maximum atomic E-state index is 12.7. The Morgan fingerprint density at radius 3 is 2.90 bits per heavy atom. The molecule has 1 unspecified atom stereocenters. The van der Waals surface area contributed by atoms with Crippen molar-refractivity contribution in [2.75, 3.05) is 22.6 Å². The third-order valence-electron chi connectivity index (χ3n) is 5.12. The Bertz CT molecular complexity index is 1080. The topological polar surface area (TPSA) is 87.2 Å². The molecule has 1 aliphatic heterocycles. The largest absolute Gasteiger partial charge is 0.433 e. The minimum absolute atomic E-state index is 0.0466. The molecule has 162 valence electrons. The number of benzene rings is 1. The number of halogens is 3. The molecule has 0 radical (unpaired) electrons. The fourth-order valence-corrected chi connectivity index (χ4v) is 3.57. The number of para-hydroxylation sites is 1. The molecule has 8 nitrogen and oxygen atoms in total. The number of rotatable bonds is 4. The van der Waals surface area contributed by atoms with Gasteiger partial charge in [-0.05, 0) is 41.3 Å². The van der Waals surface area contributed by atoms with Gasteiger partial charge in [0.1, 0.15) is 5.69 Å².